The summed E-state index contributed by atoms with van der Waals surface area (Å²) in [4.78, 5) is 13.5. The van der Waals surface area contributed by atoms with E-state index < -0.39 is 5.60 Å². The predicted octanol–water partition coefficient (Wildman–Crippen LogP) is 3.44. The Morgan fingerprint density at radius 2 is 2.14 bits per heavy atom. The van der Waals surface area contributed by atoms with Gasteiger partial charge in [-0.1, -0.05) is 0 Å². The molecule has 1 rings (SSSR count). The first-order valence-corrected chi connectivity index (χ1v) is 8.18. The van der Waals surface area contributed by atoms with Gasteiger partial charge in [0.1, 0.15) is 11.3 Å². The van der Waals surface area contributed by atoms with Crippen molar-refractivity contribution in [3.8, 4) is 0 Å². The molecule has 0 bridgehead atoms. The fourth-order valence-corrected chi connectivity index (χ4v) is 2.08. The summed E-state index contributed by atoms with van der Waals surface area (Å²) in [6, 6.07) is -0.0816. The zero-order valence-corrected chi connectivity index (χ0v) is 15.8. The first kappa shape index (κ1) is 19.0. The van der Waals surface area contributed by atoms with Crippen LogP contribution in [0.1, 0.15) is 40.3 Å². The van der Waals surface area contributed by atoms with E-state index in [1.54, 1.807) is 11.9 Å². The van der Waals surface area contributed by atoms with Crippen LogP contribution < -0.4 is 0 Å². The third-order valence-corrected chi connectivity index (χ3v) is 3.71. The second kappa shape index (κ2) is 7.97. The Kier molecular flexibility index (Phi) is 6.87. The van der Waals surface area contributed by atoms with Crippen LogP contribution >= 0.6 is 15.9 Å². The molecule has 0 fully saturated rings. The van der Waals surface area contributed by atoms with E-state index in [0.29, 0.717) is 13.2 Å². The van der Waals surface area contributed by atoms with Gasteiger partial charge in [0, 0.05) is 19.8 Å². The molecule has 1 aromatic rings. The van der Waals surface area contributed by atoms with E-state index in [1.807, 2.05) is 45.5 Å². The Morgan fingerprint density at radius 3 is 2.64 bits per heavy atom. The number of nitrogens with zero attached hydrogens (tertiary/aromatic N) is 3. The molecule has 1 amide bonds. The van der Waals surface area contributed by atoms with Crippen molar-refractivity contribution in [3.63, 3.8) is 0 Å². The van der Waals surface area contributed by atoms with Gasteiger partial charge in [-0.2, -0.15) is 5.10 Å². The Balaban J connectivity index is 2.43. The van der Waals surface area contributed by atoms with Gasteiger partial charge in [-0.25, -0.2) is 4.79 Å². The van der Waals surface area contributed by atoms with Gasteiger partial charge in [-0.05, 0) is 50.5 Å². The van der Waals surface area contributed by atoms with Gasteiger partial charge in [0.05, 0.1) is 23.7 Å². The van der Waals surface area contributed by atoms with Crippen LogP contribution in [0.4, 0.5) is 4.79 Å². The van der Waals surface area contributed by atoms with Crippen molar-refractivity contribution >= 4 is 22.0 Å². The van der Waals surface area contributed by atoms with Crippen LogP contribution in [0.5, 0.6) is 0 Å². The van der Waals surface area contributed by atoms with Crippen molar-refractivity contribution < 1.29 is 14.3 Å². The van der Waals surface area contributed by atoms with Crippen LogP contribution in [0.15, 0.2) is 10.7 Å². The van der Waals surface area contributed by atoms with Crippen LogP contribution in [-0.4, -0.2) is 46.1 Å². The van der Waals surface area contributed by atoms with Crippen molar-refractivity contribution in [2.45, 2.75) is 59.4 Å². The van der Waals surface area contributed by atoms with E-state index in [1.165, 1.54) is 0 Å². The molecule has 6 nitrogen and oxygen atoms in total. The van der Waals surface area contributed by atoms with Crippen molar-refractivity contribution in [2.75, 3.05) is 13.7 Å². The Morgan fingerprint density at radius 1 is 1.50 bits per heavy atom. The smallest absolute Gasteiger partial charge is 0.410 e. The highest BCUT2D eigenvalue weighted by molar-refractivity contribution is 9.10. The fraction of sp³-hybridized carbons (Fsp3) is 0.733. The van der Waals surface area contributed by atoms with Crippen LogP contribution in [0, 0.1) is 0 Å². The highest BCUT2D eigenvalue weighted by atomic mass is 79.9. The average molecular weight is 376 g/mol. The van der Waals surface area contributed by atoms with Crippen LogP contribution in [0.25, 0.3) is 0 Å². The molecule has 0 aliphatic rings. The van der Waals surface area contributed by atoms with Crippen molar-refractivity contribution in [3.05, 3.63) is 16.4 Å². The number of aromatic nitrogens is 2. The summed E-state index contributed by atoms with van der Waals surface area (Å²) >= 11 is 3.46. The number of hydrogen-bond donors (Lipinski definition) is 0. The fourth-order valence-electron chi connectivity index (χ4n) is 1.65. The number of halogens is 1. The molecule has 0 N–H and O–H groups in total. The minimum atomic E-state index is -0.496. The molecule has 1 aromatic heterocycles. The maximum absolute atomic E-state index is 12.0. The normalized spacial score (nSPS) is 13.0. The predicted molar refractivity (Wildman–Crippen MR) is 88.7 cm³/mol. The summed E-state index contributed by atoms with van der Waals surface area (Å²) in [5.41, 5.74) is 0.359. The Labute approximate surface area is 140 Å². The van der Waals surface area contributed by atoms with Crippen molar-refractivity contribution in [1.29, 1.82) is 0 Å². The van der Waals surface area contributed by atoms with Gasteiger partial charge in [-0.15, -0.1) is 0 Å². The lowest BCUT2D eigenvalue weighted by Gasteiger charge is -2.28. The average Bonchev–Trinajstić information content (AvgIpc) is 2.76. The number of hydrogen-bond acceptors (Lipinski definition) is 4. The summed E-state index contributed by atoms with van der Waals surface area (Å²) in [5.74, 6) is 0. The quantitative estimate of drug-likeness (QED) is 0.763. The maximum atomic E-state index is 12.0. The lowest BCUT2D eigenvalue weighted by molar-refractivity contribution is 0.00883. The lowest BCUT2D eigenvalue weighted by Crippen LogP contribution is -2.41. The number of carbonyl (C=O) groups is 1. The largest absolute Gasteiger partial charge is 0.444 e. The van der Waals surface area contributed by atoms with E-state index in [0.717, 1.165) is 16.7 Å². The first-order valence-electron chi connectivity index (χ1n) is 7.39. The molecule has 7 heteroatoms. The number of amides is 1. The molecule has 0 aliphatic carbocycles. The van der Waals surface area contributed by atoms with Crippen LogP contribution in [0.3, 0.4) is 0 Å². The SMILES string of the molecule is CCn1cc(Br)c(COC[C@@H](C)N(C)C(=O)OC(C)(C)C)n1. The Hall–Kier alpha value is -1.08. The zero-order chi connectivity index (χ0) is 16.9. The van der Waals surface area contributed by atoms with Crippen LogP contribution in [-0.2, 0) is 22.6 Å². The molecule has 0 spiro atoms. The van der Waals surface area contributed by atoms with E-state index in [2.05, 4.69) is 21.0 Å². The molecule has 0 aliphatic heterocycles. The van der Waals surface area contributed by atoms with E-state index >= 15 is 0 Å². The number of carbonyl (C=O) groups excluding carboxylic acids is 1. The molecule has 0 saturated carbocycles. The van der Waals surface area contributed by atoms with E-state index in [-0.39, 0.29) is 12.1 Å². The number of rotatable bonds is 6. The molecular formula is C15H26BrN3O3. The van der Waals surface area contributed by atoms with Gasteiger partial charge in [0.15, 0.2) is 0 Å². The van der Waals surface area contributed by atoms with Crippen molar-refractivity contribution in [2.24, 2.45) is 0 Å². The standard InChI is InChI=1S/C15H26BrN3O3/c1-7-19-8-12(16)13(17-19)10-21-9-11(2)18(6)14(20)22-15(3,4)5/h8,11H,7,9-10H2,1-6H3/t11-/m1/s1. The van der Waals surface area contributed by atoms with E-state index in [4.69, 9.17) is 9.47 Å². The third-order valence-electron chi connectivity index (χ3n) is 3.05. The number of aryl methyl sites for hydroxylation is 1. The monoisotopic (exact) mass is 375 g/mol. The third kappa shape index (κ3) is 5.96. The summed E-state index contributed by atoms with van der Waals surface area (Å²) in [7, 11) is 1.71. The highest BCUT2D eigenvalue weighted by Crippen LogP contribution is 2.16. The molecule has 0 unspecified atom stereocenters. The van der Waals surface area contributed by atoms with Crippen LogP contribution in [0.2, 0.25) is 0 Å². The summed E-state index contributed by atoms with van der Waals surface area (Å²) < 4.78 is 13.8. The Bertz CT molecular complexity index is 497. The first-order chi connectivity index (χ1) is 10.1. The topological polar surface area (TPSA) is 56.6 Å². The van der Waals surface area contributed by atoms with Gasteiger partial charge >= 0.3 is 6.09 Å². The minimum absolute atomic E-state index is 0.0816. The zero-order valence-electron chi connectivity index (χ0n) is 14.2. The summed E-state index contributed by atoms with van der Waals surface area (Å²) in [6.07, 6.45) is 1.58. The van der Waals surface area contributed by atoms with E-state index in [9.17, 15) is 4.79 Å². The van der Waals surface area contributed by atoms with Crippen molar-refractivity contribution in [1.82, 2.24) is 14.7 Å². The molecule has 0 aromatic carbocycles. The molecule has 1 atom stereocenters. The summed E-state index contributed by atoms with van der Waals surface area (Å²) in [5, 5.41) is 4.39. The number of likely N-dealkylation sites (N-methyl/N-ethyl adjacent to an activating group) is 1. The molecule has 22 heavy (non-hydrogen) atoms. The molecule has 126 valence electrons. The molecular weight excluding hydrogens is 350 g/mol. The lowest BCUT2D eigenvalue weighted by atomic mass is 10.2. The number of ether oxygens (including phenoxy) is 2. The molecule has 0 radical (unpaired) electrons. The maximum Gasteiger partial charge on any atom is 0.410 e. The second-order valence-electron chi connectivity index (χ2n) is 6.23. The minimum Gasteiger partial charge on any atom is -0.444 e. The highest BCUT2D eigenvalue weighted by Gasteiger charge is 2.23. The molecule has 0 saturated heterocycles. The summed E-state index contributed by atoms with van der Waals surface area (Å²) in [6.45, 7) is 11.1. The van der Waals surface area contributed by atoms with Gasteiger partial charge in [0.25, 0.3) is 0 Å². The van der Waals surface area contributed by atoms with Gasteiger partial charge < -0.3 is 14.4 Å². The van der Waals surface area contributed by atoms with Gasteiger partial charge in [0.2, 0.25) is 0 Å². The van der Waals surface area contributed by atoms with Gasteiger partial charge in [-0.3, -0.25) is 4.68 Å². The molecule has 1 heterocycles. The second-order valence-corrected chi connectivity index (χ2v) is 7.09.